The minimum atomic E-state index is -0.130. The Balaban J connectivity index is 1.09. The molecule has 0 bridgehead atoms. The zero-order chi connectivity index (χ0) is 26.9. The number of aromatic nitrogens is 4. The second-order valence-electron chi connectivity index (χ2n) is 9.94. The van der Waals surface area contributed by atoms with Gasteiger partial charge in [0.2, 0.25) is 5.56 Å². The highest BCUT2D eigenvalue weighted by Crippen LogP contribution is 2.43. The number of nitrogens with one attached hydrogen (secondary N) is 2. The van der Waals surface area contributed by atoms with Crippen LogP contribution in [-0.2, 0) is 17.7 Å². The molecule has 2 aliphatic heterocycles. The number of morpholine rings is 1. The molecular formula is C31H28N6O3. The third kappa shape index (κ3) is 4.83. The first-order valence-electron chi connectivity index (χ1n) is 13.4. The maximum Gasteiger partial charge on any atom is 0.250 e. The van der Waals surface area contributed by atoms with Gasteiger partial charge < -0.3 is 24.7 Å². The van der Waals surface area contributed by atoms with Gasteiger partial charge in [0.25, 0.3) is 0 Å². The summed E-state index contributed by atoms with van der Waals surface area (Å²) in [6, 6.07) is 21.8. The monoisotopic (exact) mass is 532 g/mol. The van der Waals surface area contributed by atoms with Gasteiger partial charge in [-0.15, -0.1) is 0 Å². The lowest BCUT2D eigenvalue weighted by atomic mass is 9.96. The smallest absolute Gasteiger partial charge is 0.250 e. The van der Waals surface area contributed by atoms with Crippen molar-refractivity contribution in [2.75, 3.05) is 36.5 Å². The van der Waals surface area contributed by atoms with Crippen LogP contribution >= 0.6 is 0 Å². The number of hydrogen-bond donors (Lipinski definition) is 2. The number of ether oxygens (including phenoxy) is 2. The molecule has 5 aromatic rings. The fourth-order valence-electron chi connectivity index (χ4n) is 5.24. The summed E-state index contributed by atoms with van der Waals surface area (Å²) in [6.07, 6.45) is 6.21. The lowest BCUT2D eigenvalue weighted by molar-refractivity contribution is 0.122. The van der Waals surface area contributed by atoms with Crippen LogP contribution in [0.25, 0.3) is 17.1 Å². The Hall–Kier alpha value is -4.89. The molecule has 0 atom stereocenters. The molecular weight excluding hydrogens is 504 g/mol. The molecule has 2 aromatic carbocycles. The first-order chi connectivity index (χ1) is 19.7. The van der Waals surface area contributed by atoms with E-state index in [-0.39, 0.29) is 5.56 Å². The van der Waals surface area contributed by atoms with Crippen molar-refractivity contribution in [3.05, 3.63) is 112 Å². The molecule has 0 radical (unpaired) electrons. The van der Waals surface area contributed by atoms with E-state index in [4.69, 9.17) is 9.47 Å². The van der Waals surface area contributed by atoms with Crippen molar-refractivity contribution in [2.24, 2.45) is 0 Å². The topological polar surface area (TPSA) is 97.3 Å². The van der Waals surface area contributed by atoms with Crippen LogP contribution in [0.3, 0.4) is 0 Å². The van der Waals surface area contributed by atoms with Crippen LogP contribution in [0.15, 0.2) is 90.1 Å². The van der Waals surface area contributed by atoms with Gasteiger partial charge in [-0.1, -0.05) is 18.2 Å². The van der Waals surface area contributed by atoms with E-state index in [0.717, 1.165) is 76.1 Å². The maximum absolute atomic E-state index is 12.6. The minimum absolute atomic E-state index is 0.130. The van der Waals surface area contributed by atoms with E-state index in [1.165, 1.54) is 0 Å². The Labute approximate surface area is 231 Å². The number of aromatic amines is 1. The summed E-state index contributed by atoms with van der Waals surface area (Å²) >= 11 is 0. The number of para-hydroxylation sites is 1. The summed E-state index contributed by atoms with van der Waals surface area (Å²) in [5.41, 5.74) is 6.68. The molecule has 1 saturated heterocycles. The zero-order valence-electron chi connectivity index (χ0n) is 21.8. The van der Waals surface area contributed by atoms with E-state index in [9.17, 15) is 4.79 Å². The first kappa shape index (κ1) is 24.2. The quantitative estimate of drug-likeness (QED) is 0.319. The first-order valence-corrected chi connectivity index (χ1v) is 13.4. The van der Waals surface area contributed by atoms with Gasteiger partial charge in [-0.2, -0.15) is 5.10 Å². The summed E-state index contributed by atoms with van der Waals surface area (Å²) in [5, 5.41) is 7.72. The van der Waals surface area contributed by atoms with Gasteiger partial charge in [0, 0.05) is 73.2 Å². The van der Waals surface area contributed by atoms with E-state index in [1.54, 1.807) is 16.9 Å². The van der Waals surface area contributed by atoms with E-state index in [0.29, 0.717) is 19.8 Å². The average molecular weight is 533 g/mol. The van der Waals surface area contributed by atoms with Crippen LogP contribution < -0.4 is 20.5 Å². The molecule has 0 aliphatic carbocycles. The molecule has 200 valence electrons. The molecule has 9 heteroatoms. The number of fused-ring (bicyclic) bond motifs is 2. The fourth-order valence-corrected chi connectivity index (χ4v) is 5.24. The second kappa shape index (κ2) is 10.3. The Morgan fingerprint density at radius 1 is 0.975 bits per heavy atom. The Kier molecular flexibility index (Phi) is 6.25. The van der Waals surface area contributed by atoms with Crippen molar-refractivity contribution in [1.82, 2.24) is 19.7 Å². The molecule has 7 rings (SSSR count). The maximum atomic E-state index is 12.6. The predicted molar refractivity (Wildman–Crippen MR) is 154 cm³/mol. The summed E-state index contributed by atoms with van der Waals surface area (Å²) < 4.78 is 13.7. The van der Waals surface area contributed by atoms with Gasteiger partial charge >= 0.3 is 0 Å². The minimum Gasteiger partial charge on any atom is -0.456 e. The number of rotatable bonds is 6. The second-order valence-corrected chi connectivity index (χ2v) is 9.94. The Morgan fingerprint density at radius 3 is 2.73 bits per heavy atom. The normalized spacial score (nSPS) is 14.2. The highest BCUT2D eigenvalue weighted by molar-refractivity contribution is 5.74. The third-order valence-corrected chi connectivity index (χ3v) is 7.29. The van der Waals surface area contributed by atoms with E-state index in [1.807, 2.05) is 54.9 Å². The van der Waals surface area contributed by atoms with Crippen LogP contribution in [0.5, 0.6) is 11.5 Å². The molecule has 0 saturated carbocycles. The average Bonchev–Trinajstić information content (AvgIpc) is 3.54. The van der Waals surface area contributed by atoms with Crippen molar-refractivity contribution < 1.29 is 9.47 Å². The molecule has 0 unspecified atom stereocenters. The zero-order valence-corrected chi connectivity index (χ0v) is 21.8. The molecule has 0 amide bonds. The molecule has 3 aromatic heterocycles. The van der Waals surface area contributed by atoms with Crippen LogP contribution in [0, 0.1) is 0 Å². The van der Waals surface area contributed by atoms with Gasteiger partial charge in [0.05, 0.1) is 18.9 Å². The lowest BCUT2D eigenvalue weighted by Crippen LogP contribution is -2.36. The molecule has 40 heavy (non-hydrogen) atoms. The molecule has 2 aliphatic rings. The summed E-state index contributed by atoms with van der Waals surface area (Å²) in [4.78, 5) is 22.3. The van der Waals surface area contributed by atoms with Gasteiger partial charge in [-0.3, -0.25) is 4.79 Å². The molecule has 1 fully saturated rings. The number of benzene rings is 2. The molecule has 5 heterocycles. The highest BCUT2D eigenvalue weighted by Gasteiger charge is 2.22. The molecule has 2 N–H and O–H groups in total. The summed E-state index contributed by atoms with van der Waals surface area (Å²) in [6.45, 7) is 3.51. The standard InChI is InChI=1S/C31H28N6O3/c38-30-18-25(36-11-13-39-14-12-36)17-27(35-30)26-4-1-3-22-15-23-16-24(6-7-28(23)40-31(22)26)32-19-21-5-8-29(33-20-21)37-10-2-9-34-37/h1-10,16-18,20,32H,11-15,19H2,(H,35,38). The molecule has 9 nitrogen and oxygen atoms in total. The van der Waals surface area contributed by atoms with Crippen molar-refractivity contribution in [3.63, 3.8) is 0 Å². The van der Waals surface area contributed by atoms with Crippen molar-refractivity contribution >= 4 is 11.4 Å². The van der Waals surface area contributed by atoms with Crippen LogP contribution in [-0.4, -0.2) is 46.1 Å². The highest BCUT2D eigenvalue weighted by atomic mass is 16.5. The van der Waals surface area contributed by atoms with E-state index < -0.39 is 0 Å². The van der Waals surface area contributed by atoms with E-state index >= 15 is 0 Å². The predicted octanol–water partition coefficient (Wildman–Crippen LogP) is 4.77. The number of hydrogen-bond acceptors (Lipinski definition) is 7. The van der Waals surface area contributed by atoms with Gasteiger partial charge in [-0.25, -0.2) is 9.67 Å². The van der Waals surface area contributed by atoms with Crippen LogP contribution in [0.4, 0.5) is 11.4 Å². The lowest BCUT2D eigenvalue weighted by Gasteiger charge is -2.29. The van der Waals surface area contributed by atoms with Crippen molar-refractivity contribution in [1.29, 1.82) is 0 Å². The fraction of sp³-hybridized carbons (Fsp3) is 0.194. The Morgan fingerprint density at radius 2 is 1.90 bits per heavy atom. The van der Waals surface area contributed by atoms with Gasteiger partial charge in [-0.05, 0) is 53.6 Å². The summed E-state index contributed by atoms with van der Waals surface area (Å²) in [7, 11) is 0. The number of pyridine rings is 2. The SMILES string of the molecule is O=c1cc(N2CCOCC2)cc(-c2cccc3c2Oc2ccc(NCc4ccc(-n5cccn5)nc4)cc2C3)[nH]1. The molecule has 0 spiro atoms. The number of H-pyrrole nitrogens is 1. The largest absolute Gasteiger partial charge is 0.456 e. The van der Waals surface area contributed by atoms with Crippen LogP contribution in [0.2, 0.25) is 0 Å². The summed E-state index contributed by atoms with van der Waals surface area (Å²) in [5.74, 6) is 2.39. The van der Waals surface area contributed by atoms with E-state index in [2.05, 4.69) is 43.5 Å². The Bertz CT molecular complexity index is 1710. The van der Waals surface area contributed by atoms with Crippen molar-refractivity contribution in [3.8, 4) is 28.6 Å². The van der Waals surface area contributed by atoms with Gasteiger partial charge in [0.15, 0.2) is 5.82 Å². The van der Waals surface area contributed by atoms with Gasteiger partial charge in [0.1, 0.15) is 11.5 Å². The number of nitrogens with zero attached hydrogens (tertiary/aromatic N) is 4. The van der Waals surface area contributed by atoms with Crippen LogP contribution in [0.1, 0.15) is 16.7 Å². The third-order valence-electron chi connectivity index (χ3n) is 7.29. The van der Waals surface area contributed by atoms with Crippen molar-refractivity contribution in [2.45, 2.75) is 13.0 Å². The number of anilines is 2.